The molecule has 10 nitrogen and oxygen atoms in total. The summed E-state index contributed by atoms with van der Waals surface area (Å²) in [5, 5.41) is 17.1. The molecule has 2 aromatic heterocycles. The first-order valence-corrected chi connectivity index (χ1v) is 11.5. The van der Waals surface area contributed by atoms with E-state index in [9.17, 15) is 4.79 Å². The van der Waals surface area contributed by atoms with Crippen LogP contribution in [0.25, 0.3) is 22.3 Å². The van der Waals surface area contributed by atoms with E-state index in [1.165, 1.54) is 6.33 Å². The number of fused-ring (bicyclic) bond motifs is 1. The van der Waals surface area contributed by atoms with Gasteiger partial charge in [0.2, 0.25) is 0 Å². The van der Waals surface area contributed by atoms with E-state index in [0.29, 0.717) is 28.6 Å². The fourth-order valence-corrected chi connectivity index (χ4v) is 5.17. The average Bonchev–Trinajstić information content (AvgIpc) is 3.21. The first kappa shape index (κ1) is 21.6. The van der Waals surface area contributed by atoms with E-state index in [4.69, 9.17) is 15.9 Å². The van der Waals surface area contributed by atoms with Crippen LogP contribution in [0.3, 0.4) is 0 Å². The van der Waals surface area contributed by atoms with Crippen LogP contribution < -0.4 is 11.1 Å². The van der Waals surface area contributed by atoms with Gasteiger partial charge in [0.15, 0.2) is 5.65 Å². The Morgan fingerprint density at radius 2 is 1.82 bits per heavy atom. The molecule has 1 saturated carbocycles. The van der Waals surface area contributed by atoms with Gasteiger partial charge in [-0.15, -0.1) is 0 Å². The van der Waals surface area contributed by atoms with Crippen molar-refractivity contribution in [1.82, 2.24) is 29.5 Å². The third kappa shape index (κ3) is 4.36. The summed E-state index contributed by atoms with van der Waals surface area (Å²) in [6.07, 6.45) is 4.74. The number of nitrogens with two attached hydrogens (primary N) is 1. The lowest BCUT2D eigenvalue weighted by atomic mass is 9.90. The summed E-state index contributed by atoms with van der Waals surface area (Å²) in [5.74, 6) is 0.379. The van der Waals surface area contributed by atoms with Gasteiger partial charge in [0.05, 0.1) is 11.4 Å². The normalized spacial score (nSPS) is 22.5. The zero-order chi connectivity index (χ0) is 22.9. The monoisotopic (exact) mass is 450 g/mol. The van der Waals surface area contributed by atoms with Gasteiger partial charge in [-0.3, -0.25) is 10.2 Å². The van der Waals surface area contributed by atoms with Crippen LogP contribution in [0.5, 0.6) is 0 Å². The predicted octanol–water partition coefficient (Wildman–Crippen LogP) is 2.90. The minimum atomic E-state index is -1.11. The molecule has 0 atom stereocenters. The number of hydrogen-bond acceptors (Lipinski definition) is 7. The van der Waals surface area contributed by atoms with E-state index >= 15 is 0 Å². The van der Waals surface area contributed by atoms with Gasteiger partial charge in [0, 0.05) is 43.5 Å². The summed E-state index contributed by atoms with van der Waals surface area (Å²) in [6.45, 7) is 4.56. The molecule has 174 valence electrons. The van der Waals surface area contributed by atoms with E-state index in [0.717, 1.165) is 63.1 Å². The predicted molar refractivity (Wildman–Crippen MR) is 127 cm³/mol. The maximum atomic E-state index is 11.1. The molecule has 1 aromatic carbocycles. The van der Waals surface area contributed by atoms with Crippen LogP contribution in [0.15, 0.2) is 30.6 Å². The molecule has 10 heteroatoms. The van der Waals surface area contributed by atoms with Crippen LogP contribution in [0.1, 0.15) is 31.7 Å². The Labute approximate surface area is 192 Å². The zero-order valence-corrected chi connectivity index (χ0v) is 18.8. The molecule has 0 spiro atoms. The number of nitrogens with zero attached hydrogens (tertiary/aromatic N) is 6. The number of carbonyl (C=O) groups is 1. The van der Waals surface area contributed by atoms with Crippen molar-refractivity contribution < 1.29 is 9.90 Å². The van der Waals surface area contributed by atoms with Crippen molar-refractivity contribution in [3.8, 4) is 11.3 Å². The van der Waals surface area contributed by atoms with Crippen molar-refractivity contribution >= 4 is 28.6 Å². The van der Waals surface area contributed by atoms with Crippen LogP contribution in [0.2, 0.25) is 0 Å². The van der Waals surface area contributed by atoms with Crippen LogP contribution in [0, 0.1) is 0 Å². The number of piperazine rings is 1. The Balaban J connectivity index is 1.42. The number of rotatable bonds is 4. The number of benzene rings is 1. The van der Waals surface area contributed by atoms with E-state index in [1.807, 2.05) is 10.7 Å². The van der Waals surface area contributed by atoms with E-state index in [-0.39, 0.29) is 6.04 Å². The van der Waals surface area contributed by atoms with Gasteiger partial charge < -0.3 is 15.7 Å². The molecule has 2 fully saturated rings. The van der Waals surface area contributed by atoms with Gasteiger partial charge in [0.1, 0.15) is 17.8 Å². The minimum Gasteiger partial charge on any atom is -0.465 e. The first-order valence-electron chi connectivity index (χ1n) is 11.5. The Hall–Kier alpha value is -3.24. The van der Waals surface area contributed by atoms with Crippen molar-refractivity contribution in [3.05, 3.63) is 30.6 Å². The summed E-state index contributed by atoms with van der Waals surface area (Å²) in [5.41, 5.74) is 8.93. The quantitative estimate of drug-likeness (QED) is 0.554. The fraction of sp³-hybridized carbons (Fsp3) is 0.478. The number of anilines is 2. The number of nitrogens with one attached hydrogen (secondary N) is 1. The Kier molecular flexibility index (Phi) is 5.86. The van der Waals surface area contributed by atoms with Gasteiger partial charge in [-0.1, -0.05) is 12.1 Å². The number of nitrogen functional groups attached to an aromatic ring is 1. The molecule has 3 heterocycles. The van der Waals surface area contributed by atoms with Crippen LogP contribution >= 0.6 is 0 Å². The highest BCUT2D eigenvalue weighted by molar-refractivity contribution is 5.99. The molecule has 4 N–H and O–H groups in total. The number of amides is 1. The molecule has 0 unspecified atom stereocenters. The third-order valence-electron chi connectivity index (χ3n) is 6.97. The molecule has 1 aliphatic carbocycles. The van der Waals surface area contributed by atoms with Crippen molar-refractivity contribution in [2.75, 3.05) is 44.3 Å². The van der Waals surface area contributed by atoms with Gasteiger partial charge in [0.25, 0.3) is 0 Å². The summed E-state index contributed by atoms with van der Waals surface area (Å²) in [7, 11) is 2.19. The largest absolute Gasteiger partial charge is 0.465 e. The SMILES string of the molecule is CN1CCN(C2CCC(n3nc(-c4cccc(NC(=O)O)c4)c4c(N)ncnc43)CC2)CC1. The second-order valence-corrected chi connectivity index (χ2v) is 9.06. The first-order chi connectivity index (χ1) is 16.0. The number of hydrogen-bond donors (Lipinski definition) is 3. The smallest absolute Gasteiger partial charge is 0.409 e. The zero-order valence-electron chi connectivity index (χ0n) is 18.8. The summed E-state index contributed by atoms with van der Waals surface area (Å²) < 4.78 is 2.01. The van der Waals surface area contributed by atoms with Crippen LogP contribution in [-0.2, 0) is 0 Å². The molecule has 0 bridgehead atoms. The molecular weight excluding hydrogens is 420 g/mol. The van der Waals surface area contributed by atoms with E-state index in [2.05, 4.69) is 32.1 Å². The lowest BCUT2D eigenvalue weighted by Crippen LogP contribution is -2.49. The second-order valence-electron chi connectivity index (χ2n) is 9.06. The van der Waals surface area contributed by atoms with Crippen molar-refractivity contribution in [3.63, 3.8) is 0 Å². The lowest BCUT2D eigenvalue weighted by Gasteiger charge is -2.41. The average molecular weight is 451 g/mol. The molecule has 5 rings (SSSR count). The van der Waals surface area contributed by atoms with E-state index < -0.39 is 6.09 Å². The maximum absolute atomic E-state index is 11.1. The molecule has 3 aromatic rings. The molecule has 1 amide bonds. The highest BCUT2D eigenvalue weighted by Gasteiger charge is 2.30. The highest BCUT2D eigenvalue weighted by atomic mass is 16.4. The van der Waals surface area contributed by atoms with Gasteiger partial charge in [-0.2, -0.15) is 5.10 Å². The Morgan fingerprint density at radius 3 is 2.55 bits per heavy atom. The van der Waals surface area contributed by atoms with Crippen molar-refractivity contribution in [2.45, 2.75) is 37.8 Å². The second kappa shape index (κ2) is 8.95. The van der Waals surface area contributed by atoms with Crippen LogP contribution in [-0.4, -0.2) is 80.0 Å². The fourth-order valence-electron chi connectivity index (χ4n) is 5.17. The summed E-state index contributed by atoms with van der Waals surface area (Å²) >= 11 is 0. The maximum Gasteiger partial charge on any atom is 0.409 e. The van der Waals surface area contributed by atoms with Gasteiger partial charge in [-0.25, -0.2) is 19.4 Å². The molecule has 2 aliphatic rings. The third-order valence-corrected chi connectivity index (χ3v) is 6.97. The molecule has 33 heavy (non-hydrogen) atoms. The standard InChI is InChI=1S/C23H30N8O2/c1-29-9-11-30(12-10-29)17-5-7-18(8-6-17)31-22-19(21(24)25-14-26-22)20(28-31)15-3-2-4-16(13-15)27-23(32)33/h2-4,13-14,17-18,27H,5-12H2,1H3,(H,32,33)(H2,24,25,26). The number of likely N-dealkylation sites (N-methyl/N-ethyl adjacent to an activating group) is 1. The molecule has 1 aliphatic heterocycles. The van der Waals surface area contributed by atoms with Crippen molar-refractivity contribution in [2.24, 2.45) is 0 Å². The van der Waals surface area contributed by atoms with Gasteiger partial charge in [-0.05, 0) is 44.9 Å². The number of carboxylic acid groups (broad SMARTS) is 1. The van der Waals surface area contributed by atoms with E-state index in [1.54, 1.807) is 18.2 Å². The molecular formula is C23H30N8O2. The topological polar surface area (TPSA) is 125 Å². The molecule has 0 radical (unpaired) electrons. The van der Waals surface area contributed by atoms with Crippen LogP contribution in [0.4, 0.5) is 16.3 Å². The Bertz CT molecular complexity index is 1150. The molecule has 1 saturated heterocycles. The number of aromatic nitrogens is 4. The lowest BCUT2D eigenvalue weighted by molar-refractivity contribution is 0.0815. The highest BCUT2D eigenvalue weighted by Crippen LogP contribution is 2.37. The Morgan fingerprint density at radius 1 is 1.09 bits per heavy atom. The summed E-state index contributed by atoms with van der Waals surface area (Å²) in [6, 6.07) is 8.05. The van der Waals surface area contributed by atoms with Crippen molar-refractivity contribution in [1.29, 1.82) is 0 Å². The summed E-state index contributed by atoms with van der Waals surface area (Å²) in [4.78, 5) is 24.8. The minimum absolute atomic E-state index is 0.250. The van der Waals surface area contributed by atoms with Gasteiger partial charge >= 0.3 is 6.09 Å².